The lowest BCUT2D eigenvalue weighted by Gasteiger charge is -2.56. The fraction of sp³-hybridized carbons (Fsp3) is 0.605. The summed E-state index contributed by atoms with van der Waals surface area (Å²) in [5.74, 6) is 2.34. The molecule has 4 heterocycles. The Morgan fingerprint density at radius 2 is 1.12 bits per heavy atom. The van der Waals surface area contributed by atoms with Crippen molar-refractivity contribution in [3.8, 4) is 0 Å². The number of hydrogen-bond acceptors (Lipinski definition) is 4. The van der Waals surface area contributed by atoms with E-state index in [0.29, 0.717) is 30.3 Å². The molecule has 5 fully saturated rings. The largest absolute Gasteiger partial charge is 0.504 e. The molecule has 0 amide bonds. The molecule has 7 aliphatic carbocycles. The van der Waals surface area contributed by atoms with Gasteiger partial charge in [-0.2, -0.15) is 0 Å². The van der Waals surface area contributed by atoms with Gasteiger partial charge in [0.2, 0.25) is 0 Å². The molecule has 11 aliphatic rings. The van der Waals surface area contributed by atoms with Crippen molar-refractivity contribution in [1.29, 1.82) is 0 Å². The second-order valence-electron chi connectivity index (χ2n) is 34.3. The molecule has 0 radical (unpaired) electrons. The van der Waals surface area contributed by atoms with E-state index in [1.165, 1.54) is 143 Å². The summed E-state index contributed by atoms with van der Waals surface area (Å²) >= 11 is 0. The Kier molecular flexibility index (Phi) is 10.8. The molecule has 7 atom stereocenters. The Balaban J connectivity index is 1.09. The number of allylic oxidation sites excluding steroid dienone is 2. The molecule has 15 rings (SSSR count). The molecule has 6 unspecified atom stereocenters. The van der Waals surface area contributed by atoms with Gasteiger partial charge in [0.15, 0.2) is 0 Å². The highest BCUT2D eigenvalue weighted by molar-refractivity contribution is 6.94. The summed E-state index contributed by atoms with van der Waals surface area (Å²) < 4.78 is 14.9. The summed E-state index contributed by atoms with van der Waals surface area (Å²) in [4.78, 5) is 5.90. The smallest absolute Gasteiger partial charge is 0.295 e. The molecule has 0 N–H and O–H groups in total. The summed E-state index contributed by atoms with van der Waals surface area (Å²) in [6.07, 6.45) is 18.9. The van der Waals surface area contributed by atoms with Gasteiger partial charge >= 0.3 is 0 Å². The van der Waals surface area contributed by atoms with E-state index in [0.717, 1.165) is 6.61 Å². The topological polar surface area (TPSA) is 24.9 Å². The van der Waals surface area contributed by atoms with Gasteiger partial charge in [-0.3, -0.25) is 0 Å². The van der Waals surface area contributed by atoms with Crippen LogP contribution in [0.4, 0.5) is 22.7 Å². The predicted molar refractivity (Wildman–Crippen MR) is 339 cm³/mol. The molecule has 4 aromatic rings. The van der Waals surface area contributed by atoms with Crippen LogP contribution in [0.25, 0.3) is 0 Å². The molecule has 0 aromatic heterocycles. The summed E-state index contributed by atoms with van der Waals surface area (Å²) in [5, 5.41) is 0. The van der Waals surface area contributed by atoms with Crippen molar-refractivity contribution in [1.82, 2.24) is 0 Å². The number of hydrogen-bond donors (Lipinski definition) is 0. The Labute approximate surface area is 489 Å². The van der Waals surface area contributed by atoms with Gasteiger partial charge < -0.3 is 19.3 Å². The Morgan fingerprint density at radius 3 is 1.75 bits per heavy atom. The Morgan fingerprint density at radius 1 is 0.543 bits per heavy atom. The lowest BCUT2D eigenvalue weighted by atomic mass is 9.34. The van der Waals surface area contributed by atoms with Crippen molar-refractivity contribution >= 4 is 40.4 Å². The highest BCUT2D eigenvalue weighted by Crippen LogP contribution is 2.72. The third-order valence-electron chi connectivity index (χ3n) is 26.3. The normalized spacial score (nSPS) is 33.4. The maximum Gasteiger partial charge on any atom is 0.295 e. The lowest BCUT2D eigenvalue weighted by molar-refractivity contribution is -0.238. The molecule has 1 saturated heterocycles. The van der Waals surface area contributed by atoms with Crippen LogP contribution in [0.2, 0.25) is 0 Å². The van der Waals surface area contributed by atoms with Gasteiger partial charge in [0.1, 0.15) is 0 Å². The van der Waals surface area contributed by atoms with E-state index < -0.39 is 0 Å². The first-order chi connectivity index (χ1) is 37.9. The molecule has 4 nitrogen and oxygen atoms in total. The van der Waals surface area contributed by atoms with Crippen molar-refractivity contribution < 1.29 is 9.47 Å². The first-order valence-electron chi connectivity index (χ1n) is 32.6. The van der Waals surface area contributed by atoms with E-state index in [9.17, 15) is 0 Å². The molecular formula is C76H97BN2O2. The molecule has 4 saturated carbocycles. The highest BCUT2D eigenvalue weighted by atomic mass is 16.5. The monoisotopic (exact) mass is 1080 g/mol. The van der Waals surface area contributed by atoms with Gasteiger partial charge in [0, 0.05) is 34.6 Å². The molecular weight excluding hydrogens is 984 g/mol. The fourth-order valence-corrected chi connectivity index (χ4v) is 20.7. The molecule has 2 bridgehead atoms. The first-order valence-corrected chi connectivity index (χ1v) is 32.6. The number of ether oxygens (including phenoxy) is 2. The van der Waals surface area contributed by atoms with Crippen molar-refractivity contribution in [2.24, 2.45) is 44.8 Å². The van der Waals surface area contributed by atoms with Crippen LogP contribution in [0, 0.1) is 44.8 Å². The van der Waals surface area contributed by atoms with Crippen molar-refractivity contribution in [3.63, 3.8) is 0 Å². The average molecular weight is 1080 g/mol. The molecule has 426 valence electrons. The third kappa shape index (κ3) is 7.00. The quantitative estimate of drug-likeness (QED) is 0.190. The molecule has 81 heavy (non-hydrogen) atoms. The molecule has 4 aliphatic heterocycles. The number of rotatable bonds is 4. The highest BCUT2D eigenvalue weighted by Gasteiger charge is 2.69. The van der Waals surface area contributed by atoms with E-state index in [1.807, 2.05) is 0 Å². The van der Waals surface area contributed by atoms with E-state index in [4.69, 9.17) is 9.47 Å². The van der Waals surface area contributed by atoms with Crippen LogP contribution in [0.1, 0.15) is 234 Å². The minimum Gasteiger partial charge on any atom is -0.504 e. The zero-order valence-corrected chi connectivity index (χ0v) is 53.0. The number of nitrogens with zero attached hydrogens (tertiary/aromatic N) is 2. The predicted octanol–water partition coefficient (Wildman–Crippen LogP) is 18.0. The van der Waals surface area contributed by atoms with Gasteiger partial charge in [0.25, 0.3) is 6.71 Å². The number of anilines is 4. The number of fused-ring (bicyclic) bond motifs is 8. The third-order valence-corrected chi connectivity index (χ3v) is 26.3. The fourth-order valence-electron chi connectivity index (χ4n) is 20.7. The Hall–Kier alpha value is -4.48. The molecule has 2 spiro atoms. The molecule has 5 heteroatoms. The first kappa shape index (κ1) is 53.3. The van der Waals surface area contributed by atoms with Gasteiger partial charge in [0.05, 0.1) is 41.6 Å². The van der Waals surface area contributed by atoms with Crippen molar-refractivity contribution in [2.45, 2.75) is 233 Å². The maximum absolute atomic E-state index is 7.96. The maximum atomic E-state index is 7.96. The minimum atomic E-state index is -0.237. The summed E-state index contributed by atoms with van der Waals surface area (Å²) in [5.41, 5.74) is 23.4. The SMILES string of the molecule is C[C@@H]1CC2CC(c3cc4c5c(c3)N(C3C=C6C(=CC3c3ccccc3)C(C)(C)CCC6(C)C)c3cc6c(cc3B5C3=C(N4c4ccc5c(c4)C(C)(C)CCC5(C)C)C4(CO3)C(C)(C)CCC4(C)C)C(C)(C)CCC6(C)C)C3COC31C2. The second kappa shape index (κ2) is 16.5. The zero-order valence-electron chi connectivity index (χ0n) is 53.0. The van der Waals surface area contributed by atoms with Crippen LogP contribution in [-0.2, 0) is 31.1 Å². The van der Waals surface area contributed by atoms with Crippen LogP contribution < -0.4 is 20.7 Å². The summed E-state index contributed by atoms with van der Waals surface area (Å²) in [7, 11) is 0. The number of benzene rings is 4. The summed E-state index contributed by atoms with van der Waals surface area (Å²) in [6.45, 7) is 44.9. The summed E-state index contributed by atoms with van der Waals surface area (Å²) in [6, 6.07) is 30.7. The zero-order chi connectivity index (χ0) is 56.9. The van der Waals surface area contributed by atoms with Gasteiger partial charge in [-0.25, -0.2) is 0 Å². The van der Waals surface area contributed by atoms with Crippen molar-refractivity contribution in [3.05, 3.63) is 141 Å². The van der Waals surface area contributed by atoms with Crippen molar-refractivity contribution in [2.75, 3.05) is 23.0 Å². The van der Waals surface area contributed by atoms with Gasteiger partial charge in [-0.1, -0.05) is 172 Å². The van der Waals surface area contributed by atoms with Gasteiger partial charge in [-0.05, 0) is 217 Å². The van der Waals surface area contributed by atoms with E-state index in [1.54, 1.807) is 16.7 Å². The van der Waals surface area contributed by atoms with Crippen LogP contribution >= 0.6 is 0 Å². The van der Waals surface area contributed by atoms with Crippen LogP contribution in [0.3, 0.4) is 0 Å². The van der Waals surface area contributed by atoms with Crippen LogP contribution in [0.5, 0.6) is 0 Å². The van der Waals surface area contributed by atoms with E-state index in [-0.39, 0.29) is 73.0 Å². The van der Waals surface area contributed by atoms with E-state index in [2.05, 4.69) is 212 Å². The van der Waals surface area contributed by atoms with Gasteiger partial charge in [-0.15, -0.1) is 0 Å². The van der Waals surface area contributed by atoms with E-state index >= 15 is 0 Å². The standard InChI is InChI=1S/C76H97BN2O2/c1-45-33-46-34-50(58-43-81-75(45,58)42-46)48-35-62-64-63(36-48)79(60-40-56-54(69(6,7)27-29-71(56,10)11)38-51(60)47-21-19-18-20-22-47)61-41-57-55(70(8,9)28-30-72(57,12)13)39-59(61)77(64)66-65(76(44-80-66)73(14,15)31-32-74(76,16)17)78(62)49-23-24-52-53(37-49)68(4,5)26-25-67(52,2)3/h18-24,35-41,45-46,50-51,58,60H,25-34,42-44H2,1-17H3/t45-,46?,50?,51?,58?,60?,75?/m1/s1. The lowest BCUT2D eigenvalue weighted by Crippen LogP contribution is -2.61. The average Bonchev–Trinajstić information content (AvgIpc) is 1.84. The van der Waals surface area contributed by atoms with Crippen LogP contribution in [0.15, 0.2) is 107 Å². The second-order valence-corrected chi connectivity index (χ2v) is 34.3. The van der Waals surface area contributed by atoms with Crippen LogP contribution in [-0.4, -0.2) is 31.6 Å². The Bertz CT molecular complexity index is 3450. The molecule has 4 aromatic carbocycles. The minimum absolute atomic E-state index is 0.00669.